The van der Waals surface area contributed by atoms with Gasteiger partial charge in [-0.15, -0.1) is 0 Å². The van der Waals surface area contributed by atoms with Crippen molar-refractivity contribution in [2.75, 3.05) is 11.5 Å². The van der Waals surface area contributed by atoms with Gasteiger partial charge in [0.2, 0.25) is 0 Å². The minimum absolute atomic E-state index is 0.456. The second kappa shape index (κ2) is 17.6. The van der Waals surface area contributed by atoms with Crippen LogP contribution in [-0.2, 0) is 12.8 Å². The van der Waals surface area contributed by atoms with Crippen LogP contribution in [0.1, 0.15) is 130 Å². The van der Waals surface area contributed by atoms with Gasteiger partial charge in [-0.25, -0.2) is 0 Å². The molecule has 0 radical (unpaired) electrons. The molecule has 0 aliphatic heterocycles. The maximum Gasteiger partial charge on any atom is 0.0314 e. The van der Waals surface area contributed by atoms with Crippen LogP contribution in [0.5, 0.6) is 0 Å². The minimum atomic E-state index is 0.456. The van der Waals surface area contributed by atoms with Gasteiger partial charge in [0.15, 0.2) is 0 Å². The lowest BCUT2D eigenvalue weighted by molar-refractivity contribution is 0.613. The van der Waals surface area contributed by atoms with Crippen LogP contribution in [0, 0.1) is 0 Å². The number of nitrogen functional groups attached to an aromatic ring is 2. The van der Waals surface area contributed by atoms with E-state index in [9.17, 15) is 0 Å². The summed E-state index contributed by atoms with van der Waals surface area (Å²) in [6, 6.07) is 35.8. The first-order valence-electron chi connectivity index (χ1n) is 17.0. The summed E-state index contributed by atoms with van der Waals surface area (Å²) in [7, 11) is 0. The van der Waals surface area contributed by atoms with Crippen molar-refractivity contribution in [3.63, 3.8) is 0 Å². The molecule has 0 saturated carbocycles. The molecule has 2 heteroatoms. The Hall–Kier alpha value is -3.52. The minimum Gasteiger partial charge on any atom is -0.399 e. The Kier molecular flexibility index (Phi) is 13.2. The monoisotopic (exact) mass is 574 g/mol. The van der Waals surface area contributed by atoms with E-state index in [4.69, 9.17) is 11.5 Å². The lowest BCUT2D eigenvalue weighted by Crippen LogP contribution is -2.02. The van der Waals surface area contributed by atoms with Crippen LogP contribution >= 0.6 is 0 Å². The van der Waals surface area contributed by atoms with Crippen LogP contribution in [0.15, 0.2) is 97.1 Å². The lowest BCUT2D eigenvalue weighted by Gasteiger charge is -2.18. The van der Waals surface area contributed by atoms with Crippen molar-refractivity contribution in [1.82, 2.24) is 0 Å². The molecule has 2 nitrogen and oxygen atoms in total. The van der Waals surface area contributed by atoms with Gasteiger partial charge in [-0.3, -0.25) is 0 Å². The van der Waals surface area contributed by atoms with E-state index in [-0.39, 0.29) is 0 Å². The zero-order valence-electron chi connectivity index (χ0n) is 26.7. The summed E-state index contributed by atoms with van der Waals surface area (Å²) < 4.78 is 0. The maximum atomic E-state index is 5.94. The summed E-state index contributed by atoms with van der Waals surface area (Å²) in [5.41, 5.74) is 22.1. The Morgan fingerprint density at radius 1 is 0.395 bits per heavy atom. The fourth-order valence-electron chi connectivity index (χ4n) is 6.35. The first-order valence-corrected chi connectivity index (χ1v) is 17.0. The summed E-state index contributed by atoms with van der Waals surface area (Å²) in [5.74, 6) is 0.911. The topological polar surface area (TPSA) is 52.0 Å². The van der Waals surface area contributed by atoms with E-state index in [1.54, 1.807) is 0 Å². The highest BCUT2D eigenvalue weighted by molar-refractivity contribution is 5.44. The van der Waals surface area contributed by atoms with Crippen molar-refractivity contribution in [1.29, 1.82) is 0 Å². The Morgan fingerprint density at radius 3 is 1.02 bits per heavy atom. The van der Waals surface area contributed by atoms with E-state index in [1.165, 1.54) is 117 Å². The third-order valence-corrected chi connectivity index (χ3v) is 9.07. The number of anilines is 2. The predicted octanol–water partition coefficient (Wildman–Crippen LogP) is 11.2. The number of rotatable bonds is 18. The molecule has 228 valence electrons. The lowest BCUT2D eigenvalue weighted by atomic mass is 9.86. The Bertz CT molecular complexity index is 1200. The Morgan fingerprint density at radius 2 is 0.698 bits per heavy atom. The van der Waals surface area contributed by atoms with Crippen molar-refractivity contribution >= 4 is 11.4 Å². The van der Waals surface area contributed by atoms with E-state index in [2.05, 4.69) is 86.6 Å². The molecule has 2 unspecified atom stereocenters. The fraction of sp³-hybridized carbons (Fsp3) is 0.415. The van der Waals surface area contributed by atoms with Crippen molar-refractivity contribution < 1.29 is 0 Å². The van der Waals surface area contributed by atoms with Crippen molar-refractivity contribution in [2.24, 2.45) is 0 Å². The molecule has 0 fully saturated rings. The maximum absolute atomic E-state index is 5.94. The number of unbranched alkanes of at least 4 members (excludes halogenated alkanes) is 6. The summed E-state index contributed by atoms with van der Waals surface area (Å²) >= 11 is 0. The van der Waals surface area contributed by atoms with Crippen LogP contribution < -0.4 is 11.5 Å². The normalized spacial score (nSPS) is 12.7. The number of nitrogens with two attached hydrogens (primary N) is 2. The molecule has 0 spiro atoms. The summed E-state index contributed by atoms with van der Waals surface area (Å²) in [5, 5.41) is 0. The molecule has 0 aliphatic rings. The Labute approximate surface area is 261 Å². The highest BCUT2D eigenvalue weighted by Gasteiger charge is 2.15. The molecule has 0 aromatic heterocycles. The van der Waals surface area contributed by atoms with Gasteiger partial charge < -0.3 is 11.5 Å². The second-order valence-corrected chi connectivity index (χ2v) is 12.5. The molecular weight excluding hydrogens is 520 g/mol. The Balaban J connectivity index is 1.17. The highest BCUT2D eigenvalue weighted by Crippen LogP contribution is 2.32. The summed E-state index contributed by atoms with van der Waals surface area (Å²) in [4.78, 5) is 0. The van der Waals surface area contributed by atoms with E-state index >= 15 is 0 Å². The fourth-order valence-corrected chi connectivity index (χ4v) is 6.35. The molecule has 2 atom stereocenters. The van der Waals surface area contributed by atoms with Crippen LogP contribution in [-0.4, -0.2) is 0 Å². The van der Waals surface area contributed by atoms with E-state index < -0.39 is 0 Å². The zero-order valence-corrected chi connectivity index (χ0v) is 26.7. The predicted molar refractivity (Wildman–Crippen MR) is 188 cm³/mol. The standard InChI is InChI=1S/C41H54N2/c1-3-5-14-40(36-24-28-38(42)29-25-36)34-20-16-32(17-21-34)12-10-8-7-9-11-13-33-18-22-35(23-19-33)41(15-6-4-2)37-26-30-39(43)31-27-37/h16-31,40-41H,3-15,42-43H2,1-2H3. The van der Waals surface area contributed by atoms with Crippen molar-refractivity contribution in [3.8, 4) is 0 Å². The van der Waals surface area contributed by atoms with Gasteiger partial charge in [0.25, 0.3) is 0 Å². The van der Waals surface area contributed by atoms with Crippen LogP contribution in [0.4, 0.5) is 11.4 Å². The SMILES string of the molecule is CCCCC(c1ccc(N)cc1)c1ccc(CCCCCCCc2ccc(C(CCCC)c3ccc(N)cc3)cc2)cc1. The quantitative estimate of drug-likeness (QED) is 0.0917. The molecule has 0 amide bonds. The number of hydrogen-bond acceptors (Lipinski definition) is 2. The van der Waals surface area contributed by atoms with Gasteiger partial charge in [-0.2, -0.15) is 0 Å². The average molecular weight is 575 g/mol. The average Bonchev–Trinajstić information content (AvgIpc) is 3.04. The van der Waals surface area contributed by atoms with Crippen molar-refractivity contribution in [2.45, 2.75) is 109 Å². The summed E-state index contributed by atoms with van der Waals surface area (Å²) in [6.45, 7) is 4.54. The smallest absolute Gasteiger partial charge is 0.0314 e. The number of benzene rings is 4. The molecule has 0 heterocycles. The second-order valence-electron chi connectivity index (χ2n) is 12.5. The highest BCUT2D eigenvalue weighted by atomic mass is 14.5. The van der Waals surface area contributed by atoms with Gasteiger partial charge in [0, 0.05) is 23.2 Å². The number of aryl methyl sites for hydroxylation is 2. The van der Waals surface area contributed by atoms with Gasteiger partial charge in [0.05, 0.1) is 0 Å². The zero-order chi connectivity index (χ0) is 30.3. The van der Waals surface area contributed by atoms with E-state index in [0.29, 0.717) is 11.8 Å². The van der Waals surface area contributed by atoms with Gasteiger partial charge in [-0.05, 0) is 96.2 Å². The van der Waals surface area contributed by atoms with Crippen LogP contribution in [0.2, 0.25) is 0 Å². The van der Waals surface area contributed by atoms with Gasteiger partial charge in [-0.1, -0.05) is 132 Å². The number of hydrogen-bond donors (Lipinski definition) is 2. The molecule has 0 bridgehead atoms. The largest absolute Gasteiger partial charge is 0.399 e. The first-order chi connectivity index (χ1) is 21.1. The first kappa shape index (κ1) is 32.4. The van der Waals surface area contributed by atoms with Gasteiger partial charge >= 0.3 is 0 Å². The van der Waals surface area contributed by atoms with Crippen molar-refractivity contribution in [3.05, 3.63) is 130 Å². The molecular formula is C41H54N2. The van der Waals surface area contributed by atoms with Gasteiger partial charge in [0.1, 0.15) is 0 Å². The van der Waals surface area contributed by atoms with Crippen LogP contribution in [0.3, 0.4) is 0 Å². The molecule has 4 aromatic carbocycles. The summed E-state index contributed by atoms with van der Waals surface area (Å²) in [6.07, 6.45) is 16.2. The van der Waals surface area contributed by atoms with E-state index in [0.717, 1.165) is 11.4 Å². The molecule has 43 heavy (non-hydrogen) atoms. The molecule has 4 aromatic rings. The molecule has 4 N–H and O–H groups in total. The third kappa shape index (κ3) is 10.3. The van der Waals surface area contributed by atoms with Crippen LogP contribution in [0.25, 0.3) is 0 Å². The van der Waals surface area contributed by atoms with E-state index in [1.807, 2.05) is 24.3 Å². The molecule has 0 aliphatic carbocycles. The third-order valence-electron chi connectivity index (χ3n) is 9.07. The molecule has 4 rings (SSSR count). The molecule has 0 saturated heterocycles.